The van der Waals surface area contributed by atoms with Gasteiger partial charge in [-0.15, -0.1) is 0 Å². The van der Waals surface area contributed by atoms with Gasteiger partial charge in [-0.3, -0.25) is 4.79 Å². The maximum Gasteiger partial charge on any atom is 0.334 e. The second kappa shape index (κ2) is 5.79. The topological polar surface area (TPSA) is 62.7 Å². The summed E-state index contributed by atoms with van der Waals surface area (Å²) in [7, 11) is -1.81. The molecule has 0 amide bonds. The second-order valence-electron chi connectivity index (χ2n) is 8.07. The molecule has 21 heavy (non-hydrogen) atoms. The third-order valence-corrected chi connectivity index (χ3v) is 10.2. The fraction of sp³-hybridized carbons (Fsp3) is 0.875. The Kier molecular flexibility index (Phi) is 4.57. The SMILES string of the molecule is CC(C)(C)[Si](C)(C)OC1CCCC2C(=O)C(=[N+]=[N-])CCC12. The average Bonchev–Trinajstić information content (AvgIpc) is 2.38. The molecular formula is C16H28N2O2Si. The molecule has 0 N–H and O–H groups in total. The molecule has 118 valence electrons. The van der Waals surface area contributed by atoms with Gasteiger partial charge in [-0.05, 0) is 43.3 Å². The Morgan fingerprint density at radius 1 is 1.24 bits per heavy atom. The lowest BCUT2D eigenvalue weighted by Gasteiger charge is -2.45. The summed E-state index contributed by atoms with van der Waals surface area (Å²) in [6.07, 6.45) is 4.72. The Morgan fingerprint density at radius 3 is 2.48 bits per heavy atom. The summed E-state index contributed by atoms with van der Waals surface area (Å²) in [5.41, 5.74) is 9.32. The highest BCUT2D eigenvalue weighted by Gasteiger charge is 2.48. The molecular weight excluding hydrogens is 280 g/mol. The van der Waals surface area contributed by atoms with Gasteiger partial charge in [0.1, 0.15) is 0 Å². The van der Waals surface area contributed by atoms with E-state index in [4.69, 9.17) is 9.96 Å². The maximum atomic E-state index is 12.4. The van der Waals surface area contributed by atoms with Crippen LogP contribution in [-0.4, -0.2) is 30.7 Å². The minimum atomic E-state index is -1.81. The lowest BCUT2D eigenvalue weighted by molar-refractivity contribution is -0.128. The van der Waals surface area contributed by atoms with Crippen LogP contribution in [0.3, 0.4) is 0 Å². The van der Waals surface area contributed by atoms with E-state index in [1.807, 2.05) is 0 Å². The van der Waals surface area contributed by atoms with Crippen LogP contribution < -0.4 is 0 Å². The van der Waals surface area contributed by atoms with E-state index in [1.165, 1.54) is 0 Å². The lowest BCUT2D eigenvalue weighted by Crippen LogP contribution is -2.51. The Balaban J connectivity index is 2.16. The first-order valence-corrected chi connectivity index (χ1v) is 11.0. The van der Waals surface area contributed by atoms with Crippen LogP contribution in [0.5, 0.6) is 0 Å². The number of carbonyl (C=O) groups excluding carboxylic acids is 1. The van der Waals surface area contributed by atoms with Crippen LogP contribution >= 0.6 is 0 Å². The van der Waals surface area contributed by atoms with E-state index in [-0.39, 0.29) is 22.8 Å². The van der Waals surface area contributed by atoms with Crippen molar-refractivity contribution in [2.45, 2.75) is 77.1 Å². The molecule has 0 radical (unpaired) electrons. The highest BCUT2D eigenvalue weighted by molar-refractivity contribution is 6.74. The smallest absolute Gasteiger partial charge is 0.334 e. The molecule has 2 fully saturated rings. The van der Waals surface area contributed by atoms with Gasteiger partial charge in [-0.25, -0.2) is 0 Å². The summed E-state index contributed by atoms with van der Waals surface area (Å²) in [6, 6.07) is 0. The summed E-state index contributed by atoms with van der Waals surface area (Å²) in [4.78, 5) is 15.6. The second-order valence-corrected chi connectivity index (χ2v) is 12.8. The molecule has 3 unspecified atom stereocenters. The molecule has 0 aromatic heterocycles. The van der Waals surface area contributed by atoms with Gasteiger partial charge in [0.2, 0.25) is 5.78 Å². The summed E-state index contributed by atoms with van der Waals surface area (Å²) >= 11 is 0. The number of nitrogens with zero attached hydrogens (tertiary/aromatic N) is 2. The number of ketones is 1. The monoisotopic (exact) mass is 308 g/mol. The molecule has 2 aliphatic rings. The molecule has 2 aliphatic carbocycles. The van der Waals surface area contributed by atoms with Gasteiger partial charge >= 0.3 is 5.71 Å². The summed E-state index contributed by atoms with van der Waals surface area (Å²) in [5.74, 6) is 0.372. The van der Waals surface area contributed by atoms with Gasteiger partial charge in [0.25, 0.3) is 0 Å². The van der Waals surface area contributed by atoms with Gasteiger partial charge in [0, 0.05) is 12.0 Å². The molecule has 4 nitrogen and oxygen atoms in total. The predicted molar refractivity (Wildman–Crippen MR) is 85.8 cm³/mol. The quantitative estimate of drug-likeness (QED) is 0.442. The van der Waals surface area contributed by atoms with E-state index in [0.717, 1.165) is 25.7 Å². The van der Waals surface area contributed by atoms with E-state index in [0.29, 0.717) is 18.1 Å². The van der Waals surface area contributed by atoms with Crippen molar-refractivity contribution >= 4 is 19.8 Å². The van der Waals surface area contributed by atoms with Gasteiger partial charge in [-0.1, -0.05) is 27.2 Å². The first-order chi connectivity index (χ1) is 9.67. The number of Topliss-reactive ketones (excluding diaryl/α,β-unsaturated/α-hetero) is 1. The van der Waals surface area contributed by atoms with Crippen LogP contribution in [0.2, 0.25) is 18.1 Å². The van der Waals surface area contributed by atoms with Crippen LogP contribution in [-0.2, 0) is 9.22 Å². The normalized spacial score (nSPS) is 30.8. The van der Waals surface area contributed by atoms with Crippen LogP contribution in [0.25, 0.3) is 5.53 Å². The van der Waals surface area contributed by atoms with Crippen molar-refractivity contribution in [3.05, 3.63) is 5.53 Å². The third-order valence-electron chi connectivity index (χ3n) is 5.71. The highest BCUT2D eigenvalue weighted by Crippen LogP contribution is 2.44. The molecule has 0 aromatic rings. The Hall–Kier alpha value is -0.773. The van der Waals surface area contributed by atoms with Gasteiger partial charge < -0.3 is 9.96 Å². The number of hydrogen-bond donors (Lipinski definition) is 0. The minimum Gasteiger partial charge on any atom is -0.414 e. The van der Waals surface area contributed by atoms with Crippen LogP contribution in [0.15, 0.2) is 0 Å². The van der Waals surface area contributed by atoms with Crippen molar-refractivity contribution in [2.75, 3.05) is 0 Å². The lowest BCUT2D eigenvalue weighted by atomic mass is 9.68. The van der Waals surface area contributed by atoms with Crippen molar-refractivity contribution in [3.63, 3.8) is 0 Å². The molecule has 5 heteroatoms. The summed E-state index contributed by atoms with van der Waals surface area (Å²) < 4.78 is 6.61. The van der Waals surface area contributed by atoms with Gasteiger partial charge in [-0.2, -0.15) is 4.79 Å². The highest BCUT2D eigenvalue weighted by atomic mass is 28.4. The number of carbonyl (C=O) groups is 1. The van der Waals surface area contributed by atoms with E-state index >= 15 is 0 Å². The van der Waals surface area contributed by atoms with E-state index in [9.17, 15) is 4.79 Å². The number of fused-ring (bicyclic) bond motifs is 1. The first kappa shape index (κ1) is 16.6. The third kappa shape index (κ3) is 3.20. The molecule has 3 atom stereocenters. The molecule has 0 saturated heterocycles. The zero-order valence-electron chi connectivity index (χ0n) is 14.0. The zero-order chi connectivity index (χ0) is 15.8. The zero-order valence-corrected chi connectivity index (χ0v) is 15.0. The van der Waals surface area contributed by atoms with Crippen LogP contribution in [0, 0.1) is 11.8 Å². The van der Waals surface area contributed by atoms with Crippen LogP contribution in [0.4, 0.5) is 0 Å². The molecule has 2 saturated carbocycles. The van der Waals surface area contributed by atoms with Crippen molar-refractivity contribution < 1.29 is 14.0 Å². The Morgan fingerprint density at radius 2 is 1.90 bits per heavy atom. The van der Waals surface area contributed by atoms with Crippen LogP contribution in [0.1, 0.15) is 52.9 Å². The number of rotatable bonds is 2. The number of hydrogen-bond acceptors (Lipinski definition) is 2. The molecule has 0 bridgehead atoms. The van der Waals surface area contributed by atoms with Crippen molar-refractivity contribution in [1.29, 1.82) is 0 Å². The largest absolute Gasteiger partial charge is 0.414 e. The van der Waals surface area contributed by atoms with Crippen molar-refractivity contribution in [2.24, 2.45) is 11.8 Å². The summed E-state index contributed by atoms with van der Waals surface area (Å²) in [6.45, 7) is 11.3. The average molecular weight is 308 g/mol. The maximum absolute atomic E-state index is 12.4. The summed E-state index contributed by atoms with van der Waals surface area (Å²) in [5, 5.41) is 0.191. The van der Waals surface area contributed by atoms with E-state index < -0.39 is 8.32 Å². The van der Waals surface area contributed by atoms with E-state index in [1.54, 1.807) is 0 Å². The van der Waals surface area contributed by atoms with Gasteiger partial charge in [0.15, 0.2) is 8.32 Å². The molecule has 0 spiro atoms. The van der Waals surface area contributed by atoms with Gasteiger partial charge in [0.05, 0.1) is 6.42 Å². The standard InChI is InChI=1S/C16H28N2O2Si/c1-16(2,3)21(4,5)20-14-8-6-7-12-11(14)9-10-13(18-17)15(12)19/h11-12,14H,6-10H2,1-5H3. The Bertz CT molecular complexity index is 475. The molecule has 0 heterocycles. The molecule has 2 rings (SSSR count). The minimum absolute atomic E-state index is 0.00756. The molecule has 0 aromatic carbocycles. The van der Waals surface area contributed by atoms with Crippen molar-refractivity contribution in [1.82, 2.24) is 0 Å². The Labute approximate surface area is 129 Å². The fourth-order valence-electron chi connectivity index (χ4n) is 3.38. The van der Waals surface area contributed by atoms with E-state index in [2.05, 4.69) is 38.7 Å². The fourth-order valence-corrected chi connectivity index (χ4v) is 4.78. The molecule has 0 aliphatic heterocycles. The van der Waals surface area contributed by atoms with Crippen molar-refractivity contribution in [3.8, 4) is 0 Å². The predicted octanol–water partition coefficient (Wildman–Crippen LogP) is 3.83. The first-order valence-electron chi connectivity index (χ1n) is 8.10.